The number of aromatic nitrogens is 5. The molecule has 0 atom stereocenters. The topological polar surface area (TPSA) is 98.7 Å². The number of carbonyl (C=O) groups excluding carboxylic acids is 1. The Morgan fingerprint density at radius 2 is 1.87 bits per heavy atom. The van der Waals surface area contributed by atoms with Crippen molar-refractivity contribution >= 4 is 5.91 Å². The van der Waals surface area contributed by atoms with Crippen LogP contribution in [0.1, 0.15) is 29.3 Å². The first-order valence-electron chi connectivity index (χ1n) is 9.72. The van der Waals surface area contributed by atoms with Crippen LogP contribution in [0.5, 0.6) is 0 Å². The average molecular weight is 402 g/mol. The van der Waals surface area contributed by atoms with Crippen LogP contribution in [0.3, 0.4) is 0 Å². The van der Waals surface area contributed by atoms with Gasteiger partial charge in [0.05, 0.1) is 11.4 Å². The summed E-state index contributed by atoms with van der Waals surface area (Å²) in [6, 6.07) is 13.6. The summed E-state index contributed by atoms with van der Waals surface area (Å²) in [6.07, 6.45) is 3.99. The van der Waals surface area contributed by atoms with Crippen LogP contribution in [0, 0.1) is 13.8 Å². The van der Waals surface area contributed by atoms with Crippen molar-refractivity contribution in [3.8, 4) is 17.1 Å². The van der Waals surface area contributed by atoms with E-state index in [-0.39, 0.29) is 12.3 Å². The fraction of sp³-hybridized carbons (Fsp3) is 0.227. The van der Waals surface area contributed by atoms with E-state index < -0.39 is 0 Å². The maximum Gasteiger partial charge on any atom is 0.227 e. The second kappa shape index (κ2) is 8.69. The maximum atomic E-state index is 12.3. The van der Waals surface area contributed by atoms with Crippen molar-refractivity contribution in [2.45, 2.75) is 33.2 Å². The smallest absolute Gasteiger partial charge is 0.227 e. The molecule has 0 radical (unpaired) electrons. The molecule has 8 nitrogen and oxygen atoms in total. The van der Waals surface area contributed by atoms with Crippen molar-refractivity contribution in [1.82, 2.24) is 30.2 Å². The number of hydrogen-bond donors (Lipinski definition) is 1. The van der Waals surface area contributed by atoms with Gasteiger partial charge in [0.25, 0.3) is 0 Å². The molecule has 30 heavy (non-hydrogen) atoms. The van der Waals surface area contributed by atoms with Gasteiger partial charge in [-0.2, -0.15) is 10.1 Å². The molecule has 0 unspecified atom stereocenters. The van der Waals surface area contributed by atoms with Crippen molar-refractivity contribution in [1.29, 1.82) is 0 Å². The number of nitrogens with one attached hydrogen (secondary N) is 1. The highest BCUT2D eigenvalue weighted by molar-refractivity contribution is 5.76. The SMILES string of the molecule is Cc1nn(-c2ccccc2)c(C)c1CNC(=O)CCc1nc(-c2ccncc2)no1. The van der Waals surface area contributed by atoms with Gasteiger partial charge in [0.15, 0.2) is 0 Å². The lowest BCUT2D eigenvalue weighted by molar-refractivity contribution is -0.121. The van der Waals surface area contributed by atoms with Gasteiger partial charge in [-0.05, 0) is 38.1 Å². The van der Waals surface area contributed by atoms with Crippen LogP contribution in [-0.4, -0.2) is 30.8 Å². The van der Waals surface area contributed by atoms with E-state index in [9.17, 15) is 4.79 Å². The Morgan fingerprint density at radius 1 is 1.10 bits per heavy atom. The van der Waals surface area contributed by atoms with Crippen LogP contribution in [0.2, 0.25) is 0 Å². The number of rotatable bonds is 7. The lowest BCUT2D eigenvalue weighted by Gasteiger charge is -2.07. The molecule has 3 aromatic heterocycles. The van der Waals surface area contributed by atoms with Crippen molar-refractivity contribution < 1.29 is 9.32 Å². The second-order valence-corrected chi connectivity index (χ2v) is 6.92. The summed E-state index contributed by atoms with van der Waals surface area (Å²) < 4.78 is 7.15. The number of aryl methyl sites for hydroxylation is 2. The van der Waals surface area contributed by atoms with Gasteiger partial charge in [-0.3, -0.25) is 9.78 Å². The summed E-state index contributed by atoms with van der Waals surface area (Å²) in [4.78, 5) is 20.6. The first kappa shape index (κ1) is 19.5. The summed E-state index contributed by atoms with van der Waals surface area (Å²) in [5.41, 5.74) is 4.75. The third kappa shape index (κ3) is 4.27. The Morgan fingerprint density at radius 3 is 2.63 bits per heavy atom. The molecule has 1 aromatic carbocycles. The fourth-order valence-electron chi connectivity index (χ4n) is 3.22. The lowest BCUT2D eigenvalue weighted by atomic mass is 10.2. The van der Waals surface area contributed by atoms with Crippen molar-refractivity contribution in [2.24, 2.45) is 0 Å². The molecule has 4 aromatic rings. The number of pyridine rings is 1. The first-order valence-corrected chi connectivity index (χ1v) is 9.72. The van der Waals surface area contributed by atoms with Gasteiger partial charge in [0, 0.05) is 48.6 Å². The van der Waals surface area contributed by atoms with Crippen molar-refractivity contribution in [3.05, 3.63) is 77.7 Å². The van der Waals surface area contributed by atoms with Gasteiger partial charge < -0.3 is 9.84 Å². The molecule has 0 spiro atoms. The molecule has 0 saturated heterocycles. The Kier molecular flexibility index (Phi) is 5.65. The van der Waals surface area contributed by atoms with Gasteiger partial charge >= 0.3 is 0 Å². The van der Waals surface area contributed by atoms with E-state index in [4.69, 9.17) is 4.52 Å². The number of hydrogen-bond acceptors (Lipinski definition) is 6. The van der Waals surface area contributed by atoms with E-state index in [1.807, 2.05) is 61.0 Å². The Hall–Kier alpha value is -3.81. The third-order valence-corrected chi connectivity index (χ3v) is 4.88. The summed E-state index contributed by atoms with van der Waals surface area (Å²) in [6.45, 7) is 4.38. The van der Waals surface area contributed by atoms with E-state index in [0.29, 0.717) is 24.7 Å². The maximum absolute atomic E-state index is 12.3. The van der Waals surface area contributed by atoms with Crippen molar-refractivity contribution in [3.63, 3.8) is 0 Å². The molecular weight excluding hydrogens is 380 g/mol. The molecule has 0 aliphatic rings. The van der Waals surface area contributed by atoms with E-state index in [1.165, 1.54) is 0 Å². The van der Waals surface area contributed by atoms with E-state index in [0.717, 1.165) is 28.2 Å². The molecule has 8 heteroatoms. The minimum atomic E-state index is -0.0788. The van der Waals surface area contributed by atoms with Gasteiger partial charge in [-0.15, -0.1) is 0 Å². The molecule has 3 heterocycles. The molecule has 0 fully saturated rings. The zero-order valence-electron chi connectivity index (χ0n) is 16.9. The van der Waals surface area contributed by atoms with E-state index in [1.54, 1.807) is 12.4 Å². The molecule has 1 amide bonds. The van der Waals surface area contributed by atoms with Crippen LogP contribution < -0.4 is 5.32 Å². The number of para-hydroxylation sites is 1. The first-order chi connectivity index (χ1) is 14.6. The van der Waals surface area contributed by atoms with Gasteiger partial charge in [-0.1, -0.05) is 23.4 Å². The van der Waals surface area contributed by atoms with E-state index in [2.05, 4.69) is 25.5 Å². The normalized spacial score (nSPS) is 10.9. The van der Waals surface area contributed by atoms with Crippen LogP contribution in [0.25, 0.3) is 17.1 Å². The molecule has 0 saturated carbocycles. The second-order valence-electron chi connectivity index (χ2n) is 6.92. The Balaban J connectivity index is 1.34. The largest absolute Gasteiger partial charge is 0.352 e. The predicted octanol–water partition coefficient (Wildman–Crippen LogP) is 3.18. The third-order valence-electron chi connectivity index (χ3n) is 4.88. The molecule has 4 rings (SSSR count). The zero-order chi connectivity index (χ0) is 20.9. The number of carbonyl (C=O) groups is 1. The minimum absolute atomic E-state index is 0.0788. The highest BCUT2D eigenvalue weighted by Crippen LogP contribution is 2.18. The molecule has 0 aliphatic heterocycles. The predicted molar refractivity (Wildman–Crippen MR) is 111 cm³/mol. The van der Waals surface area contributed by atoms with Crippen molar-refractivity contribution in [2.75, 3.05) is 0 Å². The summed E-state index contributed by atoms with van der Waals surface area (Å²) in [7, 11) is 0. The van der Waals surface area contributed by atoms with Crippen LogP contribution in [-0.2, 0) is 17.8 Å². The molecule has 152 valence electrons. The van der Waals surface area contributed by atoms with Gasteiger partial charge in [0.1, 0.15) is 0 Å². The Bertz CT molecular complexity index is 1140. The monoisotopic (exact) mass is 402 g/mol. The fourth-order valence-corrected chi connectivity index (χ4v) is 3.22. The Labute approximate surface area is 174 Å². The molecule has 1 N–H and O–H groups in total. The molecular formula is C22H22N6O2. The minimum Gasteiger partial charge on any atom is -0.352 e. The van der Waals surface area contributed by atoms with Crippen LogP contribution in [0.4, 0.5) is 0 Å². The van der Waals surface area contributed by atoms with Gasteiger partial charge in [0.2, 0.25) is 17.6 Å². The highest BCUT2D eigenvalue weighted by Gasteiger charge is 2.15. The average Bonchev–Trinajstić information content (AvgIpc) is 3.37. The van der Waals surface area contributed by atoms with Gasteiger partial charge in [-0.25, -0.2) is 4.68 Å². The summed E-state index contributed by atoms with van der Waals surface area (Å²) >= 11 is 0. The number of amides is 1. The van der Waals surface area contributed by atoms with Crippen LogP contribution >= 0.6 is 0 Å². The number of benzene rings is 1. The van der Waals surface area contributed by atoms with Crippen LogP contribution in [0.15, 0.2) is 59.4 Å². The lowest BCUT2D eigenvalue weighted by Crippen LogP contribution is -2.23. The highest BCUT2D eigenvalue weighted by atomic mass is 16.5. The molecule has 0 bridgehead atoms. The molecule has 0 aliphatic carbocycles. The summed E-state index contributed by atoms with van der Waals surface area (Å²) in [5.74, 6) is 0.846. The van der Waals surface area contributed by atoms with E-state index >= 15 is 0 Å². The number of nitrogens with zero attached hydrogens (tertiary/aromatic N) is 5. The quantitative estimate of drug-likeness (QED) is 0.510. The zero-order valence-corrected chi connectivity index (χ0v) is 16.9. The standard InChI is InChI=1S/C22H22N6O2/c1-15-19(16(2)28(26-15)18-6-4-3-5-7-18)14-24-20(29)8-9-21-25-22(27-30-21)17-10-12-23-13-11-17/h3-7,10-13H,8-9,14H2,1-2H3,(H,24,29). The summed E-state index contributed by atoms with van der Waals surface area (Å²) in [5, 5.41) is 11.5.